The fourth-order valence-corrected chi connectivity index (χ4v) is 2.99. The zero-order valence-corrected chi connectivity index (χ0v) is 13.4. The first-order chi connectivity index (χ1) is 9.49. The van der Waals surface area contributed by atoms with Crippen molar-refractivity contribution in [3.8, 4) is 0 Å². The molecule has 3 nitrogen and oxygen atoms in total. The summed E-state index contributed by atoms with van der Waals surface area (Å²) in [5, 5.41) is 3.83. The Hall–Kier alpha value is -0.770. The fraction of sp³-hybridized carbons (Fsp3) is 0.533. The maximum absolute atomic E-state index is 12.2. The fourth-order valence-electron chi connectivity index (χ4n) is 2.53. The van der Waals surface area contributed by atoms with Gasteiger partial charge in [-0.05, 0) is 44.9 Å². The van der Waals surface area contributed by atoms with E-state index in [2.05, 4.69) is 17.1 Å². The number of carbonyl (C=O) groups excluding carboxylic acids is 1. The van der Waals surface area contributed by atoms with Gasteiger partial charge < -0.3 is 5.32 Å². The molecular formula is C15H20Cl2N2O. The molecule has 0 radical (unpaired) electrons. The molecule has 1 aliphatic rings. The predicted octanol–water partition coefficient (Wildman–Crippen LogP) is 4.11. The van der Waals surface area contributed by atoms with E-state index in [4.69, 9.17) is 23.2 Å². The Morgan fingerprint density at radius 2 is 2.15 bits per heavy atom. The highest BCUT2D eigenvalue weighted by Crippen LogP contribution is 2.32. The molecule has 1 atom stereocenters. The number of nitrogens with one attached hydrogen (secondary N) is 1. The van der Waals surface area contributed by atoms with Gasteiger partial charge in [-0.1, -0.05) is 35.7 Å². The second-order valence-corrected chi connectivity index (χ2v) is 6.20. The van der Waals surface area contributed by atoms with Crippen LogP contribution in [0.3, 0.4) is 0 Å². The molecule has 0 spiro atoms. The summed E-state index contributed by atoms with van der Waals surface area (Å²) in [4.78, 5) is 14.4. The Morgan fingerprint density at radius 3 is 2.85 bits per heavy atom. The van der Waals surface area contributed by atoms with Gasteiger partial charge in [-0.2, -0.15) is 0 Å². The molecule has 1 aromatic rings. The van der Waals surface area contributed by atoms with Crippen molar-refractivity contribution in [3.05, 3.63) is 27.7 Å². The van der Waals surface area contributed by atoms with Crippen molar-refractivity contribution >= 4 is 34.8 Å². The van der Waals surface area contributed by atoms with Gasteiger partial charge in [0.05, 0.1) is 22.3 Å². The van der Waals surface area contributed by atoms with Crippen molar-refractivity contribution < 1.29 is 4.79 Å². The van der Waals surface area contributed by atoms with Gasteiger partial charge in [0.1, 0.15) is 0 Å². The Bertz CT molecular complexity index is 505. The number of hydrogen-bond acceptors (Lipinski definition) is 2. The number of likely N-dealkylation sites (tertiary alicyclic amines) is 1. The van der Waals surface area contributed by atoms with Crippen LogP contribution in [0.15, 0.2) is 12.1 Å². The highest BCUT2D eigenvalue weighted by atomic mass is 35.5. The van der Waals surface area contributed by atoms with Gasteiger partial charge in [0, 0.05) is 6.04 Å². The standard InChI is InChI=1S/C15H20Cl2N2O/c1-10-6-7-12(16)15(14(10)17)18-13(20)9-19-8-4-3-5-11(19)2/h6-7,11H,3-5,8-9H2,1-2H3,(H,18,20)/t11-/m0/s1. The lowest BCUT2D eigenvalue weighted by Crippen LogP contribution is -2.42. The summed E-state index contributed by atoms with van der Waals surface area (Å²) >= 11 is 12.3. The van der Waals surface area contributed by atoms with E-state index in [1.807, 2.05) is 13.0 Å². The summed E-state index contributed by atoms with van der Waals surface area (Å²) in [5.41, 5.74) is 1.42. The van der Waals surface area contributed by atoms with Crippen molar-refractivity contribution in [2.45, 2.75) is 39.2 Å². The molecule has 1 saturated heterocycles. The van der Waals surface area contributed by atoms with Crippen LogP contribution in [0.2, 0.25) is 10.0 Å². The number of hydrogen-bond donors (Lipinski definition) is 1. The number of benzene rings is 1. The molecule has 5 heteroatoms. The number of nitrogens with zero attached hydrogens (tertiary/aromatic N) is 1. The summed E-state index contributed by atoms with van der Waals surface area (Å²) in [7, 11) is 0. The summed E-state index contributed by atoms with van der Waals surface area (Å²) in [6.45, 7) is 5.42. The third-order valence-corrected chi connectivity index (χ3v) is 4.64. The highest BCUT2D eigenvalue weighted by Gasteiger charge is 2.21. The number of aryl methyl sites for hydroxylation is 1. The molecule has 2 rings (SSSR count). The number of halogens is 2. The SMILES string of the molecule is Cc1ccc(Cl)c(NC(=O)CN2CCCC[C@@H]2C)c1Cl. The summed E-state index contributed by atoms with van der Waals surface area (Å²) in [5.74, 6) is -0.0619. The van der Waals surface area contributed by atoms with E-state index in [9.17, 15) is 4.79 Å². The van der Waals surface area contributed by atoms with Gasteiger partial charge in [-0.15, -0.1) is 0 Å². The first-order valence-electron chi connectivity index (χ1n) is 6.97. The maximum atomic E-state index is 12.2. The average molecular weight is 315 g/mol. The molecule has 1 N–H and O–H groups in total. The maximum Gasteiger partial charge on any atom is 0.238 e. The monoisotopic (exact) mass is 314 g/mol. The van der Waals surface area contributed by atoms with Crippen LogP contribution in [0.5, 0.6) is 0 Å². The smallest absolute Gasteiger partial charge is 0.238 e. The molecular weight excluding hydrogens is 295 g/mol. The van der Waals surface area contributed by atoms with Gasteiger partial charge >= 0.3 is 0 Å². The van der Waals surface area contributed by atoms with Crippen LogP contribution in [0.25, 0.3) is 0 Å². The Balaban J connectivity index is 2.03. The zero-order valence-electron chi connectivity index (χ0n) is 11.9. The number of amides is 1. The lowest BCUT2D eigenvalue weighted by molar-refractivity contribution is -0.118. The van der Waals surface area contributed by atoms with Gasteiger partial charge in [0.25, 0.3) is 0 Å². The van der Waals surface area contributed by atoms with Crippen LogP contribution < -0.4 is 5.32 Å². The van der Waals surface area contributed by atoms with E-state index < -0.39 is 0 Å². The van der Waals surface area contributed by atoms with Crippen LogP contribution in [-0.4, -0.2) is 29.9 Å². The lowest BCUT2D eigenvalue weighted by Gasteiger charge is -2.32. The molecule has 1 amide bonds. The zero-order chi connectivity index (χ0) is 14.7. The minimum Gasteiger partial charge on any atom is -0.322 e. The molecule has 110 valence electrons. The van der Waals surface area contributed by atoms with Crippen LogP contribution in [0, 0.1) is 6.92 Å². The van der Waals surface area contributed by atoms with E-state index in [0.29, 0.717) is 28.3 Å². The number of piperidine rings is 1. The first kappa shape index (κ1) is 15.6. The number of carbonyl (C=O) groups is 1. The topological polar surface area (TPSA) is 32.3 Å². The van der Waals surface area contributed by atoms with E-state index in [1.54, 1.807) is 6.07 Å². The lowest BCUT2D eigenvalue weighted by atomic mass is 10.0. The number of rotatable bonds is 3. The molecule has 1 aromatic carbocycles. The van der Waals surface area contributed by atoms with Crippen LogP contribution >= 0.6 is 23.2 Å². The molecule has 20 heavy (non-hydrogen) atoms. The third kappa shape index (κ3) is 3.66. The van der Waals surface area contributed by atoms with Crippen molar-refractivity contribution in [1.82, 2.24) is 4.90 Å². The Morgan fingerprint density at radius 1 is 1.40 bits per heavy atom. The Kier molecular flexibility index (Phi) is 5.30. The molecule has 0 bridgehead atoms. The van der Waals surface area contributed by atoms with Gasteiger partial charge in [-0.3, -0.25) is 9.69 Å². The van der Waals surface area contributed by atoms with Crippen molar-refractivity contribution in [1.29, 1.82) is 0 Å². The molecule has 0 aliphatic carbocycles. The van der Waals surface area contributed by atoms with Crippen molar-refractivity contribution in [3.63, 3.8) is 0 Å². The molecule has 0 aromatic heterocycles. The van der Waals surface area contributed by atoms with Crippen LogP contribution in [-0.2, 0) is 4.79 Å². The average Bonchev–Trinajstić information content (AvgIpc) is 2.42. The van der Waals surface area contributed by atoms with Gasteiger partial charge in [0.15, 0.2) is 0 Å². The minimum absolute atomic E-state index is 0.0619. The van der Waals surface area contributed by atoms with Crippen LogP contribution in [0.1, 0.15) is 31.7 Å². The third-order valence-electron chi connectivity index (χ3n) is 3.84. The van der Waals surface area contributed by atoms with Crippen LogP contribution in [0.4, 0.5) is 5.69 Å². The van der Waals surface area contributed by atoms with E-state index >= 15 is 0 Å². The Labute approximate surface area is 130 Å². The number of anilines is 1. The van der Waals surface area contributed by atoms with E-state index in [1.165, 1.54) is 6.42 Å². The highest BCUT2D eigenvalue weighted by molar-refractivity contribution is 6.40. The molecule has 0 unspecified atom stereocenters. The first-order valence-corrected chi connectivity index (χ1v) is 7.73. The summed E-state index contributed by atoms with van der Waals surface area (Å²) in [6.07, 6.45) is 3.55. The predicted molar refractivity (Wildman–Crippen MR) is 84.7 cm³/mol. The molecule has 0 saturated carbocycles. The van der Waals surface area contributed by atoms with Gasteiger partial charge in [0.2, 0.25) is 5.91 Å². The largest absolute Gasteiger partial charge is 0.322 e. The normalized spacial score (nSPS) is 19.9. The molecule has 1 aliphatic heterocycles. The molecule has 1 heterocycles. The minimum atomic E-state index is -0.0619. The van der Waals surface area contributed by atoms with Crippen molar-refractivity contribution in [2.24, 2.45) is 0 Å². The van der Waals surface area contributed by atoms with E-state index in [0.717, 1.165) is 24.9 Å². The van der Waals surface area contributed by atoms with E-state index in [-0.39, 0.29) is 5.91 Å². The quantitative estimate of drug-likeness (QED) is 0.910. The second kappa shape index (κ2) is 6.79. The second-order valence-electron chi connectivity index (χ2n) is 5.42. The molecule has 1 fully saturated rings. The van der Waals surface area contributed by atoms with Crippen molar-refractivity contribution in [2.75, 3.05) is 18.4 Å². The summed E-state index contributed by atoms with van der Waals surface area (Å²) in [6, 6.07) is 4.05. The van der Waals surface area contributed by atoms with Gasteiger partial charge in [-0.25, -0.2) is 0 Å². The summed E-state index contributed by atoms with van der Waals surface area (Å²) < 4.78 is 0.